The Morgan fingerprint density at radius 3 is 2.68 bits per heavy atom. The second-order valence-corrected chi connectivity index (χ2v) is 10.2. The van der Waals surface area contributed by atoms with Gasteiger partial charge in [-0.2, -0.15) is 10.1 Å². The molecule has 0 unspecified atom stereocenters. The molecule has 0 spiro atoms. The molecule has 12 heteroatoms. The van der Waals surface area contributed by atoms with Crippen LogP contribution in [0.3, 0.4) is 0 Å². The predicted octanol–water partition coefficient (Wildman–Crippen LogP) is 4.94. The maximum absolute atomic E-state index is 14.0. The largest absolute Gasteiger partial charge is 0.330 e. The standard InChI is InChI=1S/C29H30ClN9O2/c1-36(2)14-8-13-25(40)32-22-11-7-12-23(15-22)39-27-21(18-38(29(39)41)17-20-9-5-4-6-10-20)16-31-28(34-27)33-24-19-37(3)35-26(24)30/h4-13,15-16,19H,14,17-18H2,1-3H3,(H,32,40)(H,31,33,34). The van der Waals surface area contributed by atoms with E-state index in [1.807, 2.05) is 49.3 Å². The van der Waals surface area contributed by atoms with E-state index in [1.165, 1.54) is 11.0 Å². The molecule has 11 nitrogen and oxygen atoms in total. The number of amides is 3. The van der Waals surface area contributed by atoms with E-state index < -0.39 is 0 Å². The minimum atomic E-state index is -0.262. The van der Waals surface area contributed by atoms with Crippen LogP contribution in [0.1, 0.15) is 11.1 Å². The summed E-state index contributed by atoms with van der Waals surface area (Å²) in [5.41, 5.74) is 3.41. The smallest absolute Gasteiger partial charge is 0.322 e. The van der Waals surface area contributed by atoms with Gasteiger partial charge in [-0.1, -0.05) is 54.1 Å². The van der Waals surface area contributed by atoms with Gasteiger partial charge < -0.3 is 20.4 Å². The number of hydrogen-bond donors (Lipinski definition) is 2. The zero-order valence-electron chi connectivity index (χ0n) is 23.0. The van der Waals surface area contributed by atoms with Crippen LogP contribution in [0.25, 0.3) is 0 Å². The van der Waals surface area contributed by atoms with E-state index in [4.69, 9.17) is 16.6 Å². The van der Waals surface area contributed by atoms with Crippen molar-refractivity contribution in [3.8, 4) is 0 Å². The number of urea groups is 1. The highest BCUT2D eigenvalue weighted by atomic mass is 35.5. The molecule has 4 aromatic rings. The summed E-state index contributed by atoms with van der Waals surface area (Å²) < 4.78 is 1.58. The summed E-state index contributed by atoms with van der Waals surface area (Å²) in [4.78, 5) is 40.9. The lowest BCUT2D eigenvalue weighted by atomic mass is 10.1. The van der Waals surface area contributed by atoms with Crippen molar-refractivity contribution in [2.75, 3.05) is 36.2 Å². The van der Waals surface area contributed by atoms with Gasteiger partial charge in [0, 0.05) is 49.9 Å². The molecule has 1 aliphatic rings. The second-order valence-electron chi connectivity index (χ2n) is 9.84. The summed E-state index contributed by atoms with van der Waals surface area (Å²) in [7, 11) is 5.61. The maximum atomic E-state index is 14.0. The van der Waals surface area contributed by atoms with Gasteiger partial charge in [0.25, 0.3) is 0 Å². The number of carbonyl (C=O) groups is 2. The zero-order valence-corrected chi connectivity index (χ0v) is 23.7. The molecule has 0 fully saturated rings. The van der Waals surface area contributed by atoms with Crippen LogP contribution in [0.5, 0.6) is 0 Å². The fraction of sp³-hybridized carbons (Fsp3) is 0.207. The number of rotatable bonds is 9. The molecule has 0 saturated carbocycles. The second kappa shape index (κ2) is 12.2. The molecule has 0 saturated heterocycles. The van der Waals surface area contributed by atoms with Crippen molar-refractivity contribution in [1.82, 2.24) is 29.5 Å². The highest BCUT2D eigenvalue weighted by Crippen LogP contribution is 2.36. The average Bonchev–Trinajstić information content (AvgIpc) is 3.25. The summed E-state index contributed by atoms with van der Waals surface area (Å²) in [6.07, 6.45) is 6.69. The van der Waals surface area contributed by atoms with Crippen LogP contribution >= 0.6 is 11.6 Å². The first-order chi connectivity index (χ1) is 19.8. The van der Waals surface area contributed by atoms with Crippen molar-refractivity contribution in [3.05, 3.63) is 95.4 Å². The average molecular weight is 572 g/mol. The van der Waals surface area contributed by atoms with Gasteiger partial charge in [-0.3, -0.25) is 9.48 Å². The first-order valence-corrected chi connectivity index (χ1v) is 13.3. The topological polar surface area (TPSA) is 112 Å². The zero-order chi connectivity index (χ0) is 28.9. The van der Waals surface area contributed by atoms with Gasteiger partial charge in [0.15, 0.2) is 11.0 Å². The minimum absolute atomic E-state index is 0.250. The van der Waals surface area contributed by atoms with Crippen molar-refractivity contribution < 1.29 is 9.59 Å². The Balaban J connectivity index is 1.48. The monoisotopic (exact) mass is 571 g/mol. The molecule has 5 rings (SSSR count). The van der Waals surface area contributed by atoms with Gasteiger partial charge in [-0.25, -0.2) is 14.7 Å². The van der Waals surface area contributed by atoms with Gasteiger partial charge in [0.1, 0.15) is 0 Å². The maximum Gasteiger partial charge on any atom is 0.330 e. The van der Waals surface area contributed by atoms with Crippen LogP contribution in [0.4, 0.5) is 33.6 Å². The molecule has 2 N–H and O–H groups in total. The highest BCUT2D eigenvalue weighted by molar-refractivity contribution is 6.32. The summed E-state index contributed by atoms with van der Waals surface area (Å²) in [6, 6.07) is 16.6. The number of anilines is 5. The van der Waals surface area contributed by atoms with Gasteiger partial charge in [-0.15, -0.1) is 0 Å². The molecule has 1 aliphatic heterocycles. The number of aryl methyl sites for hydroxylation is 1. The number of likely N-dealkylation sites (N-methyl/N-ethyl adjacent to an activating group) is 1. The molecule has 0 bridgehead atoms. The summed E-state index contributed by atoms with van der Waals surface area (Å²) in [5, 5.41) is 10.4. The van der Waals surface area contributed by atoms with E-state index in [9.17, 15) is 9.59 Å². The van der Waals surface area contributed by atoms with Crippen LogP contribution in [-0.4, -0.2) is 62.1 Å². The number of nitrogens with one attached hydrogen (secondary N) is 2. The van der Waals surface area contributed by atoms with E-state index in [1.54, 1.807) is 59.4 Å². The number of aromatic nitrogens is 4. The quantitative estimate of drug-likeness (QED) is 0.274. The summed E-state index contributed by atoms with van der Waals surface area (Å²) in [5.74, 6) is 0.442. The molecule has 210 valence electrons. The summed E-state index contributed by atoms with van der Waals surface area (Å²) >= 11 is 6.23. The lowest BCUT2D eigenvalue weighted by Crippen LogP contribution is -2.45. The molecule has 0 radical (unpaired) electrons. The number of halogens is 1. The lowest BCUT2D eigenvalue weighted by molar-refractivity contribution is -0.111. The third-order valence-electron chi connectivity index (χ3n) is 6.23. The van der Waals surface area contributed by atoms with Crippen LogP contribution in [-0.2, 0) is 24.9 Å². The van der Waals surface area contributed by atoms with Gasteiger partial charge in [0.05, 0.1) is 17.9 Å². The first kappa shape index (κ1) is 27.8. The number of benzene rings is 2. The molecule has 3 heterocycles. The Hall–Kier alpha value is -4.74. The van der Waals surface area contributed by atoms with Gasteiger partial charge >= 0.3 is 6.03 Å². The lowest BCUT2D eigenvalue weighted by Gasteiger charge is -2.36. The highest BCUT2D eigenvalue weighted by Gasteiger charge is 2.33. The molecule has 2 aromatic heterocycles. The Kier molecular flexibility index (Phi) is 8.27. The third kappa shape index (κ3) is 6.71. The van der Waals surface area contributed by atoms with E-state index in [-0.39, 0.29) is 23.0 Å². The molecule has 2 aromatic carbocycles. The van der Waals surface area contributed by atoms with Crippen molar-refractivity contribution >= 4 is 52.4 Å². The van der Waals surface area contributed by atoms with Crippen molar-refractivity contribution in [2.24, 2.45) is 7.05 Å². The van der Waals surface area contributed by atoms with Crippen molar-refractivity contribution in [2.45, 2.75) is 13.1 Å². The normalized spacial score (nSPS) is 13.1. The molecule has 41 heavy (non-hydrogen) atoms. The molecule has 3 amide bonds. The number of carbonyl (C=O) groups excluding carboxylic acids is 2. The Morgan fingerprint density at radius 2 is 1.95 bits per heavy atom. The van der Waals surface area contributed by atoms with Gasteiger partial charge in [0.2, 0.25) is 11.9 Å². The van der Waals surface area contributed by atoms with Crippen LogP contribution in [0.2, 0.25) is 5.15 Å². The first-order valence-electron chi connectivity index (χ1n) is 12.9. The molecular formula is C29H30ClN9O2. The number of nitrogens with zero attached hydrogens (tertiary/aromatic N) is 7. The molecular weight excluding hydrogens is 542 g/mol. The fourth-order valence-corrected chi connectivity index (χ4v) is 4.59. The number of fused-ring (bicyclic) bond motifs is 1. The summed E-state index contributed by atoms with van der Waals surface area (Å²) in [6.45, 7) is 1.39. The van der Waals surface area contributed by atoms with Crippen LogP contribution in [0, 0.1) is 0 Å². The van der Waals surface area contributed by atoms with E-state index in [0.29, 0.717) is 42.5 Å². The molecule has 0 aliphatic carbocycles. The SMILES string of the molecule is CN(C)CC=CC(=O)Nc1cccc(N2C(=O)N(Cc3ccccc3)Cc3cnc(Nc4cn(C)nc4Cl)nc32)c1. The Morgan fingerprint density at radius 1 is 1.15 bits per heavy atom. The fourth-order valence-electron chi connectivity index (χ4n) is 4.37. The Bertz CT molecular complexity index is 1590. The predicted molar refractivity (Wildman–Crippen MR) is 160 cm³/mol. The number of hydrogen-bond acceptors (Lipinski definition) is 7. The van der Waals surface area contributed by atoms with Crippen LogP contribution < -0.4 is 15.5 Å². The van der Waals surface area contributed by atoms with Gasteiger partial charge in [-0.05, 0) is 37.9 Å². The minimum Gasteiger partial charge on any atom is -0.322 e. The van der Waals surface area contributed by atoms with Crippen molar-refractivity contribution in [3.63, 3.8) is 0 Å². The third-order valence-corrected chi connectivity index (χ3v) is 6.51. The van der Waals surface area contributed by atoms with Crippen molar-refractivity contribution in [1.29, 1.82) is 0 Å². The van der Waals surface area contributed by atoms with E-state index in [0.717, 1.165) is 11.1 Å². The Labute approximate surface area is 243 Å². The van der Waals surface area contributed by atoms with E-state index in [2.05, 4.69) is 20.7 Å². The van der Waals surface area contributed by atoms with Crippen LogP contribution in [0.15, 0.2) is 79.1 Å². The van der Waals surface area contributed by atoms with E-state index >= 15 is 0 Å². The molecule has 0 atom stereocenters.